The summed E-state index contributed by atoms with van der Waals surface area (Å²) in [4.78, 5) is 0. The molecule has 0 radical (unpaired) electrons. The predicted octanol–water partition coefficient (Wildman–Crippen LogP) is 2.29. The van der Waals surface area contributed by atoms with E-state index in [4.69, 9.17) is 5.11 Å². The molecule has 15 heavy (non-hydrogen) atoms. The van der Waals surface area contributed by atoms with Gasteiger partial charge in [-0.25, -0.2) is 0 Å². The van der Waals surface area contributed by atoms with Crippen molar-refractivity contribution in [3.8, 4) is 5.75 Å². The van der Waals surface area contributed by atoms with Crippen molar-refractivity contribution in [1.82, 2.24) is 10.2 Å². The van der Waals surface area contributed by atoms with Crippen LogP contribution in [0.1, 0.15) is 18.5 Å². The van der Waals surface area contributed by atoms with Crippen LogP contribution in [0.5, 0.6) is 5.75 Å². The predicted molar refractivity (Wildman–Crippen MR) is 58.7 cm³/mol. The molecule has 4 nitrogen and oxygen atoms in total. The van der Waals surface area contributed by atoms with E-state index < -0.39 is 0 Å². The Morgan fingerprint density at radius 2 is 2.07 bits per heavy atom. The molecule has 0 fully saturated rings. The van der Waals surface area contributed by atoms with Gasteiger partial charge in [0.1, 0.15) is 5.75 Å². The molecular formula is C11H13N3O. The number of aromatic nitrogens is 2. The Balaban J connectivity index is 2.08. The zero-order valence-corrected chi connectivity index (χ0v) is 8.44. The summed E-state index contributed by atoms with van der Waals surface area (Å²) < 4.78 is 0. The minimum absolute atomic E-state index is 0.184. The van der Waals surface area contributed by atoms with E-state index in [1.165, 1.54) is 0 Å². The van der Waals surface area contributed by atoms with Gasteiger partial charge in [0.25, 0.3) is 0 Å². The molecule has 4 heteroatoms. The van der Waals surface area contributed by atoms with E-state index in [2.05, 4.69) is 22.4 Å². The Morgan fingerprint density at radius 3 is 2.67 bits per heavy atom. The number of nitrogens with zero attached hydrogens (tertiary/aromatic N) is 1. The number of hydrogen-bond donors (Lipinski definition) is 3. The van der Waals surface area contributed by atoms with Gasteiger partial charge in [-0.1, -0.05) is 12.1 Å². The Labute approximate surface area is 88.0 Å². The molecule has 0 saturated carbocycles. The van der Waals surface area contributed by atoms with E-state index in [0.717, 1.165) is 11.3 Å². The highest BCUT2D eigenvalue weighted by atomic mass is 16.3. The van der Waals surface area contributed by atoms with Gasteiger partial charge in [-0.2, -0.15) is 5.10 Å². The van der Waals surface area contributed by atoms with E-state index in [9.17, 15) is 0 Å². The third kappa shape index (κ3) is 2.28. The lowest BCUT2D eigenvalue weighted by molar-refractivity contribution is 0.475. The van der Waals surface area contributed by atoms with Gasteiger partial charge in [0.2, 0.25) is 0 Å². The molecule has 1 heterocycles. The van der Waals surface area contributed by atoms with E-state index in [0.29, 0.717) is 0 Å². The summed E-state index contributed by atoms with van der Waals surface area (Å²) in [7, 11) is 0. The lowest BCUT2D eigenvalue weighted by Crippen LogP contribution is -2.05. The number of aromatic amines is 1. The van der Waals surface area contributed by atoms with Crippen molar-refractivity contribution in [2.45, 2.75) is 13.0 Å². The lowest BCUT2D eigenvalue weighted by Gasteiger charge is -2.13. The number of H-pyrrole nitrogens is 1. The van der Waals surface area contributed by atoms with Gasteiger partial charge >= 0.3 is 0 Å². The second-order valence-electron chi connectivity index (χ2n) is 3.44. The molecule has 2 rings (SSSR count). The first kappa shape index (κ1) is 9.58. The van der Waals surface area contributed by atoms with Crippen molar-refractivity contribution in [3.05, 3.63) is 42.2 Å². The van der Waals surface area contributed by atoms with Crippen LogP contribution in [0.25, 0.3) is 0 Å². The third-order valence-electron chi connectivity index (χ3n) is 2.27. The summed E-state index contributed by atoms with van der Waals surface area (Å²) in [6.45, 7) is 2.05. The zero-order valence-electron chi connectivity index (χ0n) is 8.44. The molecular weight excluding hydrogens is 190 g/mol. The quantitative estimate of drug-likeness (QED) is 0.717. The Bertz CT molecular complexity index is 408. The van der Waals surface area contributed by atoms with Gasteiger partial charge in [0.15, 0.2) is 0 Å². The minimum atomic E-state index is 0.184. The number of aromatic hydroxyl groups is 1. The minimum Gasteiger partial charge on any atom is -0.508 e. The van der Waals surface area contributed by atoms with Crippen molar-refractivity contribution in [2.24, 2.45) is 0 Å². The lowest BCUT2D eigenvalue weighted by atomic mass is 10.1. The van der Waals surface area contributed by atoms with Gasteiger partial charge in [-0.05, 0) is 24.6 Å². The van der Waals surface area contributed by atoms with E-state index >= 15 is 0 Å². The molecule has 1 aromatic heterocycles. The molecule has 0 saturated heterocycles. The first-order valence-electron chi connectivity index (χ1n) is 4.80. The van der Waals surface area contributed by atoms with Crippen LogP contribution in [0.2, 0.25) is 0 Å². The maximum atomic E-state index is 9.16. The van der Waals surface area contributed by atoms with Crippen LogP contribution in [-0.2, 0) is 0 Å². The maximum absolute atomic E-state index is 9.16. The summed E-state index contributed by atoms with van der Waals surface area (Å²) in [5, 5.41) is 19.0. The fraction of sp³-hybridized carbons (Fsp3) is 0.182. The molecule has 0 bridgehead atoms. The van der Waals surface area contributed by atoms with Crippen LogP contribution in [0.15, 0.2) is 36.7 Å². The van der Waals surface area contributed by atoms with Crippen molar-refractivity contribution in [2.75, 3.05) is 5.32 Å². The molecule has 1 atom stereocenters. The fourth-order valence-electron chi connectivity index (χ4n) is 1.43. The number of benzene rings is 1. The summed E-state index contributed by atoms with van der Waals surface area (Å²) in [6, 6.07) is 7.34. The van der Waals surface area contributed by atoms with Crippen LogP contribution in [0, 0.1) is 0 Å². The van der Waals surface area contributed by atoms with Crippen LogP contribution in [0.3, 0.4) is 0 Å². The normalized spacial score (nSPS) is 12.3. The highest BCUT2D eigenvalue weighted by Gasteiger charge is 2.05. The number of phenolic OH excluding ortho intramolecular Hbond substituents is 1. The van der Waals surface area contributed by atoms with Crippen LogP contribution < -0.4 is 5.32 Å². The van der Waals surface area contributed by atoms with E-state index in [1.807, 2.05) is 12.1 Å². The molecule has 78 valence electrons. The molecule has 0 aliphatic heterocycles. The van der Waals surface area contributed by atoms with Crippen molar-refractivity contribution in [3.63, 3.8) is 0 Å². The van der Waals surface area contributed by atoms with E-state index in [1.54, 1.807) is 24.5 Å². The maximum Gasteiger partial charge on any atom is 0.115 e. The number of phenols is 1. The zero-order chi connectivity index (χ0) is 10.7. The SMILES string of the molecule is CC(Nc1cn[nH]c1)c1ccc(O)cc1. The second kappa shape index (κ2) is 4.04. The van der Waals surface area contributed by atoms with Gasteiger partial charge in [-0.15, -0.1) is 0 Å². The summed E-state index contributed by atoms with van der Waals surface area (Å²) >= 11 is 0. The highest BCUT2D eigenvalue weighted by molar-refractivity contribution is 5.41. The molecule has 0 spiro atoms. The Morgan fingerprint density at radius 1 is 1.33 bits per heavy atom. The van der Waals surface area contributed by atoms with Gasteiger partial charge < -0.3 is 10.4 Å². The van der Waals surface area contributed by atoms with E-state index in [-0.39, 0.29) is 11.8 Å². The van der Waals surface area contributed by atoms with Crippen LogP contribution in [0.4, 0.5) is 5.69 Å². The Kier molecular flexibility index (Phi) is 2.58. The molecule has 0 aliphatic rings. The monoisotopic (exact) mass is 203 g/mol. The van der Waals surface area contributed by atoms with Gasteiger partial charge in [-0.3, -0.25) is 5.10 Å². The topological polar surface area (TPSA) is 60.9 Å². The number of anilines is 1. The molecule has 0 aliphatic carbocycles. The Hall–Kier alpha value is -1.97. The first-order valence-corrected chi connectivity index (χ1v) is 4.80. The third-order valence-corrected chi connectivity index (χ3v) is 2.27. The largest absolute Gasteiger partial charge is 0.508 e. The smallest absolute Gasteiger partial charge is 0.115 e. The van der Waals surface area contributed by atoms with Crippen molar-refractivity contribution < 1.29 is 5.11 Å². The molecule has 1 aromatic carbocycles. The molecule has 3 N–H and O–H groups in total. The molecule has 1 unspecified atom stereocenters. The van der Waals surface area contributed by atoms with Crippen LogP contribution >= 0.6 is 0 Å². The second-order valence-corrected chi connectivity index (χ2v) is 3.44. The van der Waals surface area contributed by atoms with Crippen LogP contribution in [-0.4, -0.2) is 15.3 Å². The van der Waals surface area contributed by atoms with Gasteiger partial charge in [0.05, 0.1) is 11.9 Å². The summed E-state index contributed by atoms with van der Waals surface area (Å²) in [5.74, 6) is 0.286. The molecule has 2 aromatic rings. The van der Waals surface area contributed by atoms with Gasteiger partial charge in [0, 0.05) is 12.2 Å². The summed E-state index contributed by atoms with van der Waals surface area (Å²) in [5.41, 5.74) is 2.07. The summed E-state index contributed by atoms with van der Waals surface area (Å²) in [6.07, 6.45) is 3.54. The standard InChI is InChI=1S/C11H13N3O/c1-8(14-10-6-12-13-7-10)9-2-4-11(15)5-3-9/h2-8,14-15H,1H3,(H,12,13). The van der Waals surface area contributed by atoms with Crippen molar-refractivity contribution >= 4 is 5.69 Å². The first-order chi connectivity index (χ1) is 7.25. The fourth-order valence-corrected chi connectivity index (χ4v) is 1.43. The average molecular weight is 203 g/mol. The molecule has 0 amide bonds. The van der Waals surface area contributed by atoms with Crippen molar-refractivity contribution in [1.29, 1.82) is 0 Å². The number of hydrogen-bond acceptors (Lipinski definition) is 3. The number of nitrogens with one attached hydrogen (secondary N) is 2. The highest BCUT2D eigenvalue weighted by Crippen LogP contribution is 2.20. The average Bonchev–Trinajstić information content (AvgIpc) is 2.71. The number of rotatable bonds is 3.